The Morgan fingerprint density at radius 3 is 2.85 bits per heavy atom. The summed E-state index contributed by atoms with van der Waals surface area (Å²) < 4.78 is 1.84. The van der Waals surface area contributed by atoms with Crippen molar-refractivity contribution in [3.63, 3.8) is 0 Å². The van der Waals surface area contributed by atoms with Crippen molar-refractivity contribution in [2.24, 2.45) is 7.05 Å². The molecule has 0 radical (unpaired) electrons. The van der Waals surface area contributed by atoms with E-state index in [4.69, 9.17) is 0 Å². The zero-order valence-corrected chi connectivity index (χ0v) is 11.5. The Morgan fingerprint density at radius 1 is 1.25 bits per heavy atom. The van der Waals surface area contributed by atoms with E-state index < -0.39 is 6.10 Å². The Morgan fingerprint density at radius 2 is 2.05 bits per heavy atom. The van der Waals surface area contributed by atoms with Gasteiger partial charge in [0, 0.05) is 25.1 Å². The number of fused-ring (bicyclic) bond motifs is 1. The molecule has 1 atom stereocenters. The highest BCUT2D eigenvalue weighted by molar-refractivity contribution is 5.81. The van der Waals surface area contributed by atoms with Crippen molar-refractivity contribution in [3.05, 3.63) is 53.7 Å². The minimum absolute atomic E-state index is 0.442. The van der Waals surface area contributed by atoms with Gasteiger partial charge in [0.2, 0.25) is 0 Å². The van der Waals surface area contributed by atoms with Gasteiger partial charge in [0.05, 0.1) is 16.9 Å². The van der Waals surface area contributed by atoms with E-state index in [1.165, 1.54) is 0 Å². The van der Waals surface area contributed by atoms with E-state index in [1.54, 1.807) is 12.3 Å². The van der Waals surface area contributed by atoms with Crippen LogP contribution < -0.4 is 0 Å². The number of nitrogens with zero attached hydrogens (tertiary/aromatic N) is 4. The molecular formula is C15H16N4O. The van der Waals surface area contributed by atoms with Gasteiger partial charge < -0.3 is 5.11 Å². The molecule has 1 unspecified atom stereocenters. The number of hydrogen-bond donors (Lipinski definition) is 1. The Bertz CT molecular complexity index is 750. The van der Waals surface area contributed by atoms with Gasteiger partial charge in [0.1, 0.15) is 11.9 Å². The van der Waals surface area contributed by atoms with Gasteiger partial charge in [0.25, 0.3) is 0 Å². The van der Waals surface area contributed by atoms with Crippen molar-refractivity contribution >= 4 is 10.9 Å². The van der Waals surface area contributed by atoms with Crippen LogP contribution in [0, 0.1) is 6.92 Å². The van der Waals surface area contributed by atoms with Crippen molar-refractivity contribution in [2.75, 3.05) is 0 Å². The quantitative estimate of drug-likeness (QED) is 0.788. The number of rotatable bonds is 3. The molecule has 0 spiro atoms. The van der Waals surface area contributed by atoms with Gasteiger partial charge in [-0.05, 0) is 19.1 Å². The number of aliphatic hydroxyl groups is 1. The number of aromatic nitrogens is 4. The average molecular weight is 268 g/mol. The van der Waals surface area contributed by atoms with Crippen molar-refractivity contribution in [2.45, 2.75) is 19.4 Å². The zero-order chi connectivity index (χ0) is 14.1. The molecule has 3 rings (SSSR count). The van der Waals surface area contributed by atoms with Crippen molar-refractivity contribution in [1.29, 1.82) is 0 Å². The molecule has 0 saturated heterocycles. The molecule has 102 valence electrons. The Labute approximate surface area is 116 Å². The predicted molar refractivity (Wildman–Crippen MR) is 76.1 cm³/mol. The standard InChI is InChI=1S/C15H16N4O/c1-10-16-8-7-12(17-10)15(20)9-13-11-5-3-4-6-14(11)19(2)18-13/h3-8,15,20H,9H2,1-2H3. The van der Waals surface area contributed by atoms with E-state index in [1.807, 2.05) is 42.9 Å². The summed E-state index contributed by atoms with van der Waals surface area (Å²) in [7, 11) is 1.91. The summed E-state index contributed by atoms with van der Waals surface area (Å²) in [5.74, 6) is 0.660. The molecule has 0 bridgehead atoms. The summed E-state index contributed by atoms with van der Waals surface area (Å²) in [4.78, 5) is 8.30. The molecule has 2 aromatic heterocycles. The Kier molecular flexibility index (Phi) is 3.20. The monoisotopic (exact) mass is 268 g/mol. The largest absolute Gasteiger partial charge is 0.386 e. The van der Waals surface area contributed by atoms with Crippen molar-refractivity contribution in [1.82, 2.24) is 19.7 Å². The van der Waals surface area contributed by atoms with Gasteiger partial charge in [-0.1, -0.05) is 18.2 Å². The van der Waals surface area contributed by atoms with Gasteiger partial charge >= 0.3 is 0 Å². The third kappa shape index (κ3) is 2.28. The SMILES string of the molecule is Cc1nccc(C(O)Cc2nn(C)c3ccccc23)n1. The highest BCUT2D eigenvalue weighted by Gasteiger charge is 2.15. The summed E-state index contributed by atoms with van der Waals surface area (Å²) in [5, 5.41) is 15.9. The topological polar surface area (TPSA) is 63.8 Å². The molecule has 0 fully saturated rings. The van der Waals surface area contributed by atoms with E-state index in [9.17, 15) is 5.11 Å². The van der Waals surface area contributed by atoms with E-state index in [0.29, 0.717) is 17.9 Å². The van der Waals surface area contributed by atoms with Gasteiger partial charge in [-0.2, -0.15) is 5.10 Å². The molecule has 2 heterocycles. The normalized spacial score (nSPS) is 12.8. The van der Waals surface area contributed by atoms with Crippen LogP contribution in [0.15, 0.2) is 36.5 Å². The fourth-order valence-electron chi connectivity index (χ4n) is 2.39. The first-order chi connectivity index (χ1) is 9.65. The van der Waals surface area contributed by atoms with Gasteiger partial charge in [0.15, 0.2) is 0 Å². The molecule has 5 heteroatoms. The van der Waals surface area contributed by atoms with Gasteiger partial charge in [-0.3, -0.25) is 4.68 Å². The summed E-state index contributed by atoms with van der Waals surface area (Å²) >= 11 is 0. The lowest BCUT2D eigenvalue weighted by atomic mass is 10.1. The van der Waals surface area contributed by atoms with Crippen LogP contribution in [0.1, 0.15) is 23.3 Å². The fraction of sp³-hybridized carbons (Fsp3) is 0.267. The molecule has 3 aromatic rings. The first-order valence-electron chi connectivity index (χ1n) is 6.53. The first-order valence-corrected chi connectivity index (χ1v) is 6.53. The molecule has 0 amide bonds. The molecule has 1 N–H and O–H groups in total. The number of benzene rings is 1. The number of hydrogen-bond acceptors (Lipinski definition) is 4. The average Bonchev–Trinajstić information content (AvgIpc) is 2.76. The van der Waals surface area contributed by atoms with Crippen LogP contribution in [0.2, 0.25) is 0 Å². The number of para-hydroxylation sites is 1. The second-order valence-electron chi connectivity index (χ2n) is 4.84. The lowest BCUT2D eigenvalue weighted by Crippen LogP contribution is -2.06. The third-order valence-electron chi connectivity index (χ3n) is 3.36. The number of aryl methyl sites for hydroxylation is 2. The lowest BCUT2D eigenvalue weighted by molar-refractivity contribution is 0.172. The van der Waals surface area contributed by atoms with E-state index >= 15 is 0 Å². The molecule has 20 heavy (non-hydrogen) atoms. The van der Waals surface area contributed by atoms with Crippen LogP contribution in [-0.2, 0) is 13.5 Å². The van der Waals surface area contributed by atoms with E-state index in [2.05, 4.69) is 15.1 Å². The van der Waals surface area contributed by atoms with Crippen LogP contribution in [0.4, 0.5) is 0 Å². The maximum atomic E-state index is 10.3. The van der Waals surface area contributed by atoms with E-state index in [0.717, 1.165) is 16.6 Å². The summed E-state index contributed by atoms with van der Waals surface area (Å²) in [6.45, 7) is 1.81. The molecule has 0 aliphatic rings. The maximum Gasteiger partial charge on any atom is 0.125 e. The van der Waals surface area contributed by atoms with Gasteiger partial charge in [-0.25, -0.2) is 9.97 Å². The highest BCUT2D eigenvalue weighted by Crippen LogP contribution is 2.22. The molecule has 0 aliphatic carbocycles. The maximum absolute atomic E-state index is 10.3. The van der Waals surface area contributed by atoms with Gasteiger partial charge in [-0.15, -0.1) is 0 Å². The Balaban J connectivity index is 1.93. The summed E-state index contributed by atoms with van der Waals surface area (Å²) in [6.07, 6.45) is 1.44. The second-order valence-corrected chi connectivity index (χ2v) is 4.84. The molecule has 0 saturated carbocycles. The van der Waals surface area contributed by atoms with Crippen LogP contribution in [-0.4, -0.2) is 24.9 Å². The summed E-state index contributed by atoms with van der Waals surface area (Å²) in [5.41, 5.74) is 2.58. The minimum Gasteiger partial charge on any atom is -0.386 e. The van der Waals surface area contributed by atoms with E-state index in [-0.39, 0.29) is 0 Å². The minimum atomic E-state index is -0.671. The second kappa shape index (κ2) is 5.02. The molecule has 1 aromatic carbocycles. The fourth-order valence-corrected chi connectivity index (χ4v) is 2.39. The van der Waals surface area contributed by atoms with Crippen molar-refractivity contribution in [3.8, 4) is 0 Å². The molecule has 5 nitrogen and oxygen atoms in total. The Hall–Kier alpha value is -2.27. The first kappa shape index (κ1) is 12.7. The molecule has 0 aliphatic heterocycles. The summed E-state index contributed by atoms with van der Waals surface area (Å²) in [6, 6.07) is 9.75. The van der Waals surface area contributed by atoms with Crippen LogP contribution in [0.5, 0.6) is 0 Å². The predicted octanol–water partition coefficient (Wildman–Crippen LogP) is 1.95. The van der Waals surface area contributed by atoms with Crippen LogP contribution >= 0.6 is 0 Å². The molecular weight excluding hydrogens is 252 g/mol. The van der Waals surface area contributed by atoms with Crippen LogP contribution in [0.25, 0.3) is 10.9 Å². The third-order valence-corrected chi connectivity index (χ3v) is 3.36. The number of aliphatic hydroxyl groups excluding tert-OH is 1. The lowest BCUT2D eigenvalue weighted by Gasteiger charge is -2.08. The smallest absolute Gasteiger partial charge is 0.125 e. The van der Waals surface area contributed by atoms with Crippen LogP contribution in [0.3, 0.4) is 0 Å². The van der Waals surface area contributed by atoms with Crippen molar-refractivity contribution < 1.29 is 5.11 Å². The highest BCUT2D eigenvalue weighted by atomic mass is 16.3. The zero-order valence-electron chi connectivity index (χ0n) is 11.5.